The Hall–Kier alpha value is -2.83. The number of nitriles is 1. The summed E-state index contributed by atoms with van der Waals surface area (Å²) in [5.74, 6) is -0.570. The quantitative estimate of drug-likeness (QED) is 0.862. The minimum absolute atomic E-state index is 0.0624. The average Bonchev–Trinajstić information content (AvgIpc) is 2.59. The molecule has 1 aromatic rings. The van der Waals surface area contributed by atoms with Crippen LogP contribution in [0.1, 0.15) is 24.1 Å². The van der Waals surface area contributed by atoms with Crippen LogP contribution >= 0.6 is 0 Å². The molecule has 0 bridgehead atoms. The fraction of sp³-hybridized carbons (Fsp3) is 0.467. The fourth-order valence-electron chi connectivity index (χ4n) is 2.52. The molecule has 0 saturated carbocycles. The predicted octanol–water partition coefficient (Wildman–Crippen LogP) is 2.00. The third-order valence-electron chi connectivity index (χ3n) is 4.10. The molecule has 2 N–H and O–H groups in total. The van der Waals surface area contributed by atoms with Crippen molar-refractivity contribution in [1.29, 1.82) is 5.26 Å². The van der Waals surface area contributed by atoms with E-state index in [1.807, 2.05) is 6.07 Å². The molecule has 7 nitrogen and oxygen atoms in total. The van der Waals surface area contributed by atoms with Gasteiger partial charge in [-0.05, 0) is 24.5 Å². The average molecular weight is 356 g/mol. The number of likely N-dealkylation sites (tertiary alicyclic amines) is 1. The summed E-state index contributed by atoms with van der Waals surface area (Å²) in [6.45, 7) is 0.0618. The maximum Gasteiger partial charge on any atom is 0.433 e. The summed E-state index contributed by atoms with van der Waals surface area (Å²) < 4.78 is 37.3. The van der Waals surface area contributed by atoms with Crippen molar-refractivity contribution in [2.75, 3.05) is 13.1 Å². The molecule has 0 aromatic carbocycles. The van der Waals surface area contributed by atoms with E-state index in [0.29, 0.717) is 5.56 Å². The molecule has 1 fully saturated rings. The molecule has 2 rings (SSSR count). The Labute approximate surface area is 141 Å². The summed E-state index contributed by atoms with van der Waals surface area (Å²) in [5, 5.41) is 20.8. The number of carbonyl (C=O) groups is 2. The van der Waals surface area contributed by atoms with Gasteiger partial charge in [0, 0.05) is 25.8 Å². The molecular formula is C15H15F3N4O3. The van der Waals surface area contributed by atoms with Gasteiger partial charge in [0.15, 0.2) is 0 Å². The van der Waals surface area contributed by atoms with Gasteiger partial charge in [0.25, 0.3) is 0 Å². The van der Waals surface area contributed by atoms with E-state index in [0.717, 1.165) is 17.2 Å². The van der Waals surface area contributed by atoms with Gasteiger partial charge in [0.05, 0.1) is 6.07 Å². The lowest BCUT2D eigenvalue weighted by molar-refractivity contribution is -0.141. The second-order valence-corrected chi connectivity index (χ2v) is 5.70. The van der Waals surface area contributed by atoms with E-state index >= 15 is 0 Å². The van der Waals surface area contributed by atoms with Crippen LogP contribution in [0.25, 0.3) is 0 Å². The van der Waals surface area contributed by atoms with Crippen LogP contribution < -0.4 is 5.32 Å². The Morgan fingerprint density at radius 1 is 1.36 bits per heavy atom. The zero-order valence-electron chi connectivity index (χ0n) is 13.0. The molecule has 0 unspecified atom stereocenters. The molecule has 0 spiro atoms. The van der Waals surface area contributed by atoms with Crippen molar-refractivity contribution in [3.63, 3.8) is 0 Å². The van der Waals surface area contributed by atoms with Crippen molar-refractivity contribution in [2.24, 2.45) is 5.41 Å². The smallest absolute Gasteiger partial charge is 0.433 e. The number of aromatic nitrogens is 1. The number of hydrogen-bond donors (Lipinski definition) is 2. The maximum atomic E-state index is 12.4. The molecule has 2 amide bonds. The highest BCUT2D eigenvalue weighted by Gasteiger charge is 2.42. The van der Waals surface area contributed by atoms with Gasteiger partial charge in [0.1, 0.15) is 11.1 Å². The standard InChI is InChI=1S/C15H15F3N4O3/c16-15(17,18)11-2-1-10(7-20-11)8-21-12(23)14(9-19)3-5-22(6-4-14)13(24)25/h1-2,7H,3-6,8H2,(H,21,23)(H,24,25). The van der Waals surface area contributed by atoms with Gasteiger partial charge in [-0.15, -0.1) is 0 Å². The Morgan fingerprint density at radius 3 is 2.44 bits per heavy atom. The van der Waals surface area contributed by atoms with Crippen LogP contribution in [0.3, 0.4) is 0 Å². The molecule has 0 atom stereocenters. The monoisotopic (exact) mass is 356 g/mol. The van der Waals surface area contributed by atoms with Crippen LogP contribution in [0.15, 0.2) is 18.3 Å². The van der Waals surface area contributed by atoms with Crippen LogP contribution in [0, 0.1) is 16.7 Å². The summed E-state index contributed by atoms with van der Waals surface area (Å²) in [6, 6.07) is 3.95. The normalized spacial score (nSPS) is 16.8. The van der Waals surface area contributed by atoms with E-state index in [1.54, 1.807) is 0 Å². The van der Waals surface area contributed by atoms with Crippen molar-refractivity contribution in [3.05, 3.63) is 29.6 Å². The minimum atomic E-state index is -4.54. The van der Waals surface area contributed by atoms with E-state index in [2.05, 4.69) is 10.3 Å². The van der Waals surface area contributed by atoms with Crippen molar-refractivity contribution < 1.29 is 27.9 Å². The summed E-state index contributed by atoms with van der Waals surface area (Å²) in [5.41, 5.74) is -2.01. The number of nitrogens with zero attached hydrogens (tertiary/aromatic N) is 3. The Kier molecular flexibility index (Phi) is 5.15. The van der Waals surface area contributed by atoms with Gasteiger partial charge in [0.2, 0.25) is 5.91 Å². The van der Waals surface area contributed by atoms with Crippen LogP contribution in [-0.2, 0) is 17.5 Å². The van der Waals surface area contributed by atoms with Gasteiger partial charge in [-0.1, -0.05) is 6.07 Å². The van der Waals surface area contributed by atoms with Crippen molar-refractivity contribution in [1.82, 2.24) is 15.2 Å². The van der Waals surface area contributed by atoms with Gasteiger partial charge >= 0.3 is 12.3 Å². The third-order valence-corrected chi connectivity index (χ3v) is 4.10. The largest absolute Gasteiger partial charge is 0.465 e. The van der Waals surface area contributed by atoms with E-state index in [4.69, 9.17) is 5.11 Å². The molecule has 1 saturated heterocycles. The number of amides is 2. The number of pyridine rings is 1. The molecule has 0 radical (unpaired) electrons. The molecule has 1 aliphatic rings. The fourth-order valence-corrected chi connectivity index (χ4v) is 2.52. The Bertz CT molecular complexity index is 689. The van der Waals surface area contributed by atoms with Crippen LogP contribution in [0.2, 0.25) is 0 Å². The SMILES string of the molecule is N#CC1(C(=O)NCc2ccc(C(F)(F)F)nc2)CCN(C(=O)O)CC1. The van der Waals surface area contributed by atoms with Gasteiger partial charge < -0.3 is 15.3 Å². The van der Waals surface area contributed by atoms with Gasteiger partial charge in [-0.2, -0.15) is 18.4 Å². The third kappa shape index (κ3) is 4.17. The molecule has 1 aromatic heterocycles. The number of nitrogens with one attached hydrogen (secondary N) is 1. The number of hydrogen-bond acceptors (Lipinski definition) is 4. The van der Waals surface area contributed by atoms with Crippen molar-refractivity contribution >= 4 is 12.0 Å². The first-order chi connectivity index (χ1) is 11.7. The molecule has 134 valence electrons. The first-order valence-corrected chi connectivity index (χ1v) is 7.37. The maximum absolute atomic E-state index is 12.4. The lowest BCUT2D eigenvalue weighted by atomic mass is 9.79. The first-order valence-electron chi connectivity index (χ1n) is 7.37. The van der Waals surface area contributed by atoms with Gasteiger partial charge in [-0.25, -0.2) is 4.79 Å². The van der Waals surface area contributed by atoms with Crippen LogP contribution in [0.5, 0.6) is 0 Å². The molecule has 10 heteroatoms. The summed E-state index contributed by atoms with van der Waals surface area (Å²) >= 11 is 0. The molecule has 25 heavy (non-hydrogen) atoms. The first kappa shape index (κ1) is 18.5. The van der Waals surface area contributed by atoms with E-state index < -0.39 is 29.3 Å². The second-order valence-electron chi connectivity index (χ2n) is 5.70. The Morgan fingerprint density at radius 2 is 2.00 bits per heavy atom. The number of piperidine rings is 1. The number of carboxylic acid groups (broad SMARTS) is 1. The summed E-state index contributed by atoms with van der Waals surface area (Å²) in [4.78, 5) is 27.6. The number of alkyl halides is 3. The molecule has 1 aliphatic heterocycles. The van der Waals surface area contributed by atoms with E-state index in [-0.39, 0.29) is 32.5 Å². The Balaban J connectivity index is 1.97. The zero-order chi connectivity index (χ0) is 18.7. The number of carbonyl (C=O) groups excluding carboxylic acids is 1. The van der Waals surface area contributed by atoms with Crippen LogP contribution in [-0.4, -0.2) is 40.1 Å². The van der Waals surface area contributed by atoms with Crippen molar-refractivity contribution in [3.8, 4) is 6.07 Å². The summed E-state index contributed by atoms with van der Waals surface area (Å²) in [7, 11) is 0. The minimum Gasteiger partial charge on any atom is -0.465 e. The topological polar surface area (TPSA) is 106 Å². The lowest BCUT2D eigenvalue weighted by Gasteiger charge is -2.34. The zero-order valence-corrected chi connectivity index (χ0v) is 13.0. The molecule has 0 aliphatic carbocycles. The molecular weight excluding hydrogens is 341 g/mol. The highest BCUT2D eigenvalue weighted by Crippen LogP contribution is 2.31. The van der Waals surface area contributed by atoms with Gasteiger partial charge in [-0.3, -0.25) is 9.78 Å². The number of halogens is 3. The second kappa shape index (κ2) is 6.96. The number of rotatable bonds is 3. The molecule has 2 heterocycles. The van der Waals surface area contributed by atoms with Crippen molar-refractivity contribution in [2.45, 2.75) is 25.6 Å². The van der Waals surface area contributed by atoms with Crippen LogP contribution in [0.4, 0.5) is 18.0 Å². The lowest BCUT2D eigenvalue weighted by Crippen LogP contribution is -2.49. The predicted molar refractivity (Wildman–Crippen MR) is 78.0 cm³/mol. The van der Waals surface area contributed by atoms with E-state index in [1.165, 1.54) is 6.07 Å². The highest BCUT2D eigenvalue weighted by atomic mass is 19.4. The highest BCUT2D eigenvalue weighted by molar-refractivity contribution is 5.85. The summed E-state index contributed by atoms with van der Waals surface area (Å²) in [6.07, 6.45) is -4.51. The van der Waals surface area contributed by atoms with E-state index in [9.17, 15) is 28.0 Å².